The summed E-state index contributed by atoms with van der Waals surface area (Å²) in [6.07, 6.45) is 0.138. The highest BCUT2D eigenvalue weighted by Crippen LogP contribution is 2.03. The Hall–Kier alpha value is -1.83. The number of methoxy groups -OCH3 is 1. The third-order valence-corrected chi connectivity index (χ3v) is 2.47. The van der Waals surface area contributed by atoms with E-state index in [0.717, 1.165) is 0 Å². The first-order valence-corrected chi connectivity index (χ1v) is 5.87. The Morgan fingerprint density at radius 1 is 1.26 bits per heavy atom. The van der Waals surface area contributed by atoms with Gasteiger partial charge in [0, 0.05) is 20.1 Å². The smallest absolute Gasteiger partial charge is 0.326 e. The maximum atomic E-state index is 11.9. The molecule has 0 saturated carbocycles. The van der Waals surface area contributed by atoms with E-state index in [2.05, 4.69) is 10.6 Å². The number of carboxylic acids is 1. The lowest BCUT2D eigenvalue weighted by molar-refractivity contribution is -0.142. The van der Waals surface area contributed by atoms with E-state index >= 15 is 0 Å². The first-order valence-electron chi connectivity index (χ1n) is 5.87. The molecule has 110 valence electrons. The minimum atomic E-state index is -1.16. The van der Waals surface area contributed by atoms with Gasteiger partial charge in [0.25, 0.3) is 0 Å². The molecule has 8 heteroatoms. The minimum Gasteiger partial charge on any atom is -0.480 e. The predicted molar refractivity (Wildman–Crippen MR) is 67.4 cm³/mol. The van der Waals surface area contributed by atoms with Gasteiger partial charge in [-0.3, -0.25) is 4.79 Å². The third kappa shape index (κ3) is 6.61. The van der Waals surface area contributed by atoms with Crippen molar-refractivity contribution in [3.05, 3.63) is 0 Å². The summed E-state index contributed by atoms with van der Waals surface area (Å²) in [5, 5.41) is 13.6. The van der Waals surface area contributed by atoms with E-state index in [0.29, 0.717) is 0 Å². The fraction of sp³-hybridized carbons (Fsp3) is 0.727. The van der Waals surface area contributed by atoms with E-state index in [1.165, 1.54) is 7.11 Å². The van der Waals surface area contributed by atoms with Gasteiger partial charge < -0.3 is 26.2 Å². The van der Waals surface area contributed by atoms with Crippen molar-refractivity contribution in [2.75, 3.05) is 13.7 Å². The first kappa shape index (κ1) is 17.2. The number of amides is 3. The van der Waals surface area contributed by atoms with Gasteiger partial charge in [0.15, 0.2) is 0 Å². The topological polar surface area (TPSA) is 131 Å². The number of nitrogens with one attached hydrogen (secondary N) is 2. The summed E-state index contributed by atoms with van der Waals surface area (Å²) < 4.78 is 4.77. The maximum Gasteiger partial charge on any atom is 0.326 e. The van der Waals surface area contributed by atoms with E-state index in [-0.39, 0.29) is 18.9 Å². The molecule has 2 unspecified atom stereocenters. The monoisotopic (exact) mass is 275 g/mol. The number of primary amides is 1. The molecule has 0 heterocycles. The number of hydrogen-bond donors (Lipinski definition) is 4. The molecule has 0 spiro atoms. The molecule has 0 aliphatic rings. The normalized spacial score (nSPS) is 13.7. The fourth-order valence-corrected chi connectivity index (χ4v) is 1.44. The summed E-state index contributed by atoms with van der Waals surface area (Å²) in [5.41, 5.74) is 4.97. The molecule has 5 N–H and O–H groups in total. The molecule has 0 aliphatic carbocycles. The van der Waals surface area contributed by atoms with Crippen molar-refractivity contribution < 1.29 is 24.2 Å². The number of carbonyl (C=O) groups is 3. The number of urea groups is 1. The minimum absolute atomic E-state index is 0.138. The summed E-state index contributed by atoms with van der Waals surface area (Å²) in [6, 6.07) is -2.78. The molecule has 0 aromatic heterocycles. The number of carbonyl (C=O) groups excluding carboxylic acids is 2. The lowest BCUT2D eigenvalue weighted by Crippen LogP contribution is -2.54. The Balaban J connectivity index is 4.65. The standard InChI is InChI=1S/C11H21N3O5/c1-6(2)8(14-11(12)18)9(15)13-7(10(16)17)4-5-19-3/h6-8H,4-5H2,1-3H3,(H,13,15)(H,16,17)(H3,12,14,18). The van der Waals surface area contributed by atoms with Gasteiger partial charge in [-0.2, -0.15) is 0 Å². The van der Waals surface area contributed by atoms with Crippen LogP contribution in [-0.4, -0.2) is 48.8 Å². The number of hydrogen-bond acceptors (Lipinski definition) is 4. The van der Waals surface area contributed by atoms with Gasteiger partial charge in [0.05, 0.1) is 0 Å². The molecular weight excluding hydrogens is 254 g/mol. The van der Waals surface area contributed by atoms with Crippen molar-refractivity contribution in [1.29, 1.82) is 0 Å². The average Bonchev–Trinajstić information content (AvgIpc) is 2.30. The zero-order chi connectivity index (χ0) is 15.0. The Labute approximate surface area is 111 Å². The number of ether oxygens (including phenoxy) is 1. The summed E-state index contributed by atoms with van der Waals surface area (Å²) >= 11 is 0. The predicted octanol–water partition coefficient (Wildman–Crippen LogP) is -0.715. The molecule has 0 bridgehead atoms. The molecule has 0 aromatic rings. The fourth-order valence-electron chi connectivity index (χ4n) is 1.44. The van der Waals surface area contributed by atoms with Gasteiger partial charge in [-0.25, -0.2) is 9.59 Å². The number of rotatable bonds is 8. The third-order valence-electron chi connectivity index (χ3n) is 2.47. The van der Waals surface area contributed by atoms with Crippen LogP contribution in [0.4, 0.5) is 4.79 Å². The molecule has 8 nitrogen and oxygen atoms in total. The quantitative estimate of drug-likeness (QED) is 0.464. The van der Waals surface area contributed by atoms with Crippen molar-refractivity contribution >= 4 is 17.9 Å². The lowest BCUT2D eigenvalue weighted by atomic mass is 10.0. The molecule has 3 amide bonds. The highest BCUT2D eigenvalue weighted by Gasteiger charge is 2.27. The zero-order valence-electron chi connectivity index (χ0n) is 11.3. The van der Waals surface area contributed by atoms with Crippen LogP contribution in [0.1, 0.15) is 20.3 Å². The average molecular weight is 275 g/mol. The molecule has 2 atom stereocenters. The Morgan fingerprint density at radius 2 is 1.84 bits per heavy atom. The molecule has 0 radical (unpaired) electrons. The van der Waals surface area contributed by atoms with E-state index in [1.807, 2.05) is 0 Å². The summed E-state index contributed by atoms with van der Waals surface area (Å²) in [5.74, 6) is -1.96. The van der Waals surface area contributed by atoms with Crippen LogP contribution in [0.25, 0.3) is 0 Å². The van der Waals surface area contributed by atoms with E-state index in [4.69, 9.17) is 15.6 Å². The summed E-state index contributed by atoms with van der Waals surface area (Å²) in [7, 11) is 1.44. The van der Waals surface area contributed by atoms with Crippen molar-refractivity contribution in [3.63, 3.8) is 0 Å². The van der Waals surface area contributed by atoms with Gasteiger partial charge in [-0.05, 0) is 5.92 Å². The zero-order valence-corrected chi connectivity index (χ0v) is 11.3. The Bertz CT molecular complexity index is 332. The van der Waals surface area contributed by atoms with E-state index in [9.17, 15) is 14.4 Å². The van der Waals surface area contributed by atoms with Crippen molar-refractivity contribution in [3.8, 4) is 0 Å². The Kier molecular flexibility index (Phi) is 7.50. The van der Waals surface area contributed by atoms with Crippen LogP contribution < -0.4 is 16.4 Å². The molecule has 0 fully saturated rings. The number of nitrogens with two attached hydrogens (primary N) is 1. The van der Waals surface area contributed by atoms with Gasteiger partial charge in [-0.15, -0.1) is 0 Å². The van der Waals surface area contributed by atoms with Crippen LogP contribution in [0, 0.1) is 5.92 Å². The highest BCUT2D eigenvalue weighted by atomic mass is 16.5. The van der Waals surface area contributed by atoms with E-state index < -0.39 is 30.0 Å². The first-order chi connectivity index (χ1) is 8.79. The van der Waals surface area contributed by atoms with Crippen molar-refractivity contribution in [2.45, 2.75) is 32.4 Å². The number of aliphatic carboxylic acids is 1. The Morgan fingerprint density at radius 3 is 2.21 bits per heavy atom. The molecule has 0 rings (SSSR count). The van der Waals surface area contributed by atoms with Crippen LogP contribution in [-0.2, 0) is 14.3 Å². The molecule has 19 heavy (non-hydrogen) atoms. The number of carboxylic acid groups (broad SMARTS) is 1. The van der Waals surface area contributed by atoms with Crippen LogP contribution in [0.3, 0.4) is 0 Å². The second kappa shape index (κ2) is 8.30. The van der Waals surface area contributed by atoms with Gasteiger partial charge >= 0.3 is 12.0 Å². The SMILES string of the molecule is COCCC(NC(=O)C(NC(N)=O)C(C)C)C(=O)O. The van der Waals surface area contributed by atoms with Crippen LogP contribution in [0.2, 0.25) is 0 Å². The summed E-state index contributed by atoms with van der Waals surface area (Å²) in [6.45, 7) is 3.63. The summed E-state index contributed by atoms with van der Waals surface area (Å²) in [4.78, 5) is 33.7. The molecule has 0 aliphatic heterocycles. The molecular formula is C11H21N3O5. The second-order valence-electron chi connectivity index (χ2n) is 4.41. The van der Waals surface area contributed by atoms with Crippen molar-refractivity contribution in [1.82, 2.24) is 10.6 Å². The van der Waals surface area contributed by atoms with Crippen LogP contribution >= 0.6 is 0 Å². The lowest BCUT2D eigenvalue weighted by Gasteiger charge is -2.23. The van der Waals surface area contributed by atoms with Crippen LogP contribution in [0.5, 0.6) is 0 Å². The molecule has 0 saturated heterocycles. The second-order valence-corrected chi connectivity index (χ2v) is 4.41. The van der Waals surface area contributed by atoms with E-state index in [1.54, 1.807) is 13.8 Å². The van der Waals surface area contributed by atoms with Gasteiger partial charge in [0.2, 0.25) is 5.91 Å². The van der Waals surface area contributed by atoms with Crippen LogP contribution in [0.15, 0.2) is 0 Å². The largest absolute Gasteiger partial charge is 0.480 e. The van der Waals surface area contributed by atoms with Gasteiger partial charge in [-0.1, -0.05) is 13.8 Å². The van der Waals surface area contributed by atoms with Crippen molar-refractivity contribution in [2.24, 2.45) is 11.7 Å². The maximum absolute atomic E-state index is 11.9. The molecule has 0 aromatic carbocycles. The highest BCUT2D eigenvalue weighted by molar-refractivity contribution is 5.89. The van der Waals surface area contributed by atoms with Gasteiger partial charge in [0.1, 0.15) is 12.1 Å².